The first-order valence-electron chi connectivity index (χ1n) is 8.09. The number of para-hydroxylation sites is 1. The van der Waals surface area contributed by atoms with Crippen molar-refractivity contribution in [3.8, 4) is 5.69 Å². The van der Waals surface area contributed by atoms with E-state index in [1.54, 1.807) is 0 Å². The number of hydrogen-bond donors (Lipinski definition) is 1. The van der Waals surface area contributed by atoms with Crippen molar-refractivity contribution in [1.82, 2.24) is 20.1 Å². The number of nitrogens with zero attached hydrogens (tertiary/aromatic N) is 3. The van der Waals surface area contributed by atoms with Gasteiger partial charge in [-0.05, 0) is 31.5 Å². The third-order valence-corrected chi connectivity index (χ3v) is 4.75. The lowest BCUT2D eigenvalue weighted by Crippen LogP contribution is -2.28. The van der Waals surface area contributed by atoms with Crippen LogP contribution in [0.2, 0.25) is 0 Å². The van der Waals surface area contributed by atoms with Crippen molar-refractivity contribution < 1.29 is 4.79 Å². The number of aromatic nitrogens is 3. The van der Waals surface area contributed by atoms with Gasteiger partial charge < -0.3 is 5.32 Å². The van der Waals surface area contributed by atoms with Gasteiger partial charge in [-0.1, -0.05) is 60.3 Å². The Labute approximate surface area is 151 Å². The van der Waals surface area contributed by atoms with Crippen LogP contribution in [0, 0.1) is 6.92 Å². The van der Waals surface area contributed by atoms with Gasteiger partial charge in [-0.2, -0.15) is 0 Å². The Morgan fingerprint density at radius 3 is 2.40 bits per heavy atom. The lowest BCUT2D eigenvalue weighted by molar-refractivity contribution is -0.119. The number of benzene rings is 2. The van der Waals surface area contributed by atoms with Crippen LogP contribution >= 0.6 is 11.8 Å². The fraction of sp³-hybridized carbons (Fsp3) is 0.211. The Hall–Kier alpha value is -2.60. The number of carbonyl (C=O) groups is 1. The van der Waals surface area contributed by atoms with E-state index in [-0.39, 0.29) is 11.9 Å². The summed E-state index contributed by atoms with van der Waals surface area (Å²) >= 11 is 1.39. The van der Waals surface area contributed by atoms with E-state index >= 15 is 0 Å². The normalized spacial score (nSPS) is 11.9. The third kappa shape index (κ3) is 4.28. The molecule has 0 saturated heterocycles. The summed E-state index contributed by atoms with van der Waals surface area (Å²) in [6, 6.07) is 19.8. The Morgan fingerprint density at radius 2 is 1.72 bits per heavy atom. The standard InChI is InChI=1S/C19H20N4OS/c1-14(16-9-5-3-6-10-16)20-18(24)13-25-19-22-21-15(2)23(19)17-11-7-4-8-12-17/h3-12,14H,13H2,1-2H3,(H,20,24)/t14-/m0/s1. The predicted octanol–water partition coefficient (Wildman–Crippen LogP) is 3.55. The maximum absolute atomic E-state index is 12.3. The zero-order valence-electron chi connectivity index (χ0n) is 14.2. The van der Waals surface area contributed by atoms with Crippen LogP contribution in [0.25, 0.3) is 5.69 Å². The molecule has 0 aliphatic carbocycles. The summed E-state index contributed by atoms with van der Waals surface area (Å²) < 4.78 is 1.96. The van der Waals surface area contributed by atoms with Gasteiger partial charge in [-0.25, -0.2) is 0 Å². The predicted molar refractivity (Wildman–Crippen MR) is 99.8 cm³/mol. The molecule has 0 aliphatic rings. The molecule has 25 heavy (non-hydrogen) atoms. The van der Waals surface area contributed by atoms with Crippen LogP contribution in [0.5, 0.6) is 0 Å². The second-order valence-electron chi connectivity index (χ2n) is 5.69. The fourth-order valence-electron chi connectivity index (χ4n) is 2.55. The van der Waals surface area contributed by atoms with Crippen LogP contribution in [0.1, 0.15) is 24.4 Å². The Balaban J connectivity index is 1.63. The summed E-state index contributed by atoms with van der Waals surface area (Å²) in [5, 5.41) is 12.1. The molecule has 1 aromatic heterocycles. The van der Waals surface area contributed by atoms with Crippen LogP contribution in [0.15, 0.2) is 65.8 Å². The van der Waals surface area contributed by atoms with Gasteiger partial charge in [0.1, 0.15) is 5.82 Å². The molecule has 0 fully saturated rings. The molecule has 1 heterocycles. The summed E-state index contributed by atoms with van der Waals surface area (Å²) in [5.74, 6) is 1.07. The smallest absolute Gasteiger partial charge is 0.230 e. The molecule has 1 atom stereocenters. The van der Waals surface area contributed by atoms with E-state index < -0.39 is 0 Å². The van der Waals surface area contributed by atoms with Crippen molar-refractivity contribution in [3.63, 3.8) is 0 Å². The van der Waals surface area contributed by atoms with Crippen molar-refractivity contribution in [1.29, 1.82) is 0 Å². The summed E-state index contributed by atoms with van der Waals surface area (Å²) in [7, 11) is 0. The second kappa shape index (κ2) is 7.98. The molecule has 2 aromatic carbocycles. The molecule has 1 N–H and O–H groups in total. The highest BCUT2D eigenvalue weighted by Gasteiger charge is 2.14. The summed E-state index contributed by atoms with van der Waals surface area (Å²) in [6.45, 7) is 3.89. The molecule has 0 saturated carbocycles. The lowest BCUT2D eigenvalue weighted by Gasteiger charge is -2.14. The first kappa shape index (κ1) is 17.2. The van der Waals surface area contributed by atoms with E-state index in [1.807, 2.05) is 79.1 Å². The molecule has 1 amide bonds. The molecule has 6 heteroatoms. The molecule has 0 aliphatic heterocycles. The molecule has 0 spiro atoms. The zero-order chi connectivity index (χ0) is 17.6. The van der Waals surface area contributed by atoms with E-state index in [0.717, 1.165) is 17.1 Å². The number of thioether (sulfide) groups is 1. The molecule has 0 bridgehead atoms. The van der Waals surface area contributed by atoms with Gasteiger partial charge in [-0.15, -0.1) is 10.2 Å². The number of rotatable bonds is 6. The summed E-state index contributed by atoms with van der Waals surface area (Å²) in [4.78, 5) is 12.3. The van der Waals surface area contributed by atoms with Gasteiger partial charge in [0.2, 0.25) is 5.91 Å². The van der Waals surface area contributed by atoms with Gasteiger partial charge in [0.05, 0.1) is 11.8 Å². The van der Waals surface area contributed by atoms with Crippen molar-refractivity contribution in [2.24, 2.45) is 0 Å². The van der Waals surface area contributed by atoms with Gasteiger partial charge >= 0.3 is 0 Å². The molecule has 0 unspecified atom stereocenters. The van der Waals surface area contributed by atoms with Crippen LogP contribution in [0.3, 0.4) is 0 Å². The van der Waals surface area contributed by atoms with Crippen LogP contribution in [-0.2, 0) is 4.79 Å². The van der Waals surface area contributed by atoms with Crippen LogP contribution < -0.4 is 5.32 Å². The monoisotopic (exact) mass is 352 g/mol. The van der Waals surface area contributed by atoms with E-state index in [9.17, 15) is 4.79 Å². The number of amides is 1. The highest BCUT2D eigenvalue weighted by molar-refractivity contribution is 7.99. The molecule has 128 valence electrons. The Bertz CT molecular complexity index is 833. The van der Waals surface area contributed by atoms with E-state index in [2.05, 4.69) is 15.5 Å². The number of aryl methyl sites for hydroxylation is 1. The van der Waals surface area contributed by atoms with E-state index in [1.165, 1.54) is 11.8 Å². The Morgan fingerprint density at radius 1 is 1.08 bits per heavy atom. The SMILES string of the molecule is Cc1nnc(SCC(=O)N[C@@H](C)c2ccccc2)n1-c1ccccc1. The van der Waals surface area contributed by atoms with Crippen LogP contribution in [0.4, 0.5) is 0 Å². The average Bonchev–Trinajstić information content (AvgIpc) is 3.02. The van der Waals surface area contributed by atoms with E-state index in [0.29, 0.717) is 10.9 Å². The largest absolute Gasteiger partial charge is 0.349 e. The highest BCUT2D eigenvalue weighted by Crippen LogP contribution is 2.21. The first-order valence-corrected chi connectivity index (χ1v) is 9.08. The topological polar surface area (TPSA) is 59.8 Å². The molecule has 0 radical (unpaired) electrons. The maximum Gasteiger partial charge on any atom is 0.230 e. The van der Waals surface area contributed by atoms with Crippen molar-refractivity contribution >= 4 is 17.7 Å². The number of nitrogens with one attached hydrogen (secondary N) is 1. The zero-order valence-corrected chi connectivity index (χ0v) is 15.0. The molecule has 3 rings (SSSR count). The molecular weight excluding hydrogens is 332 g/mol. The van der Waals surface area contributed by atoms with Gasteiger partial charge in [0.25, 0.3) is 0 Å². The molecular formula is C19H20N4OS. The van der Waals surface area contributed by atoms with Crippen molar-refractivity contribution in [2.45, 2.75) is 25.0 Å². The summed E-state index contributed by atoms with van der Waals surface area (Å²) in [5.41, 5.74) is 2.08. The summed E-state index contributed by atoms with van der Waals surface area (Å²) in [6.07, 6.45) is 0. The van der Waals surface area contributed by atoms with Gasteiger partial charge in [0, 0.05) is 5.69 Å². The lowest BCUT2D eigenvalue weighted by atomic mass is 10.1. The average molecular weight is 352 g/mol. The van der Waals surface area contributed by atoms with Crippen molar-refractivity contribution in [2.75, 3.05) is 5.75 Å². The quantitative estimate of drug-likeness (QED) is 0.689. The van der Waals surface area contributed by atoms with E-state index in [4.69, 9.17) is 0 Å². The highest BCUT2D eigenvalue weighted by atomic mass is 32.2. The van der Waals surface area contributed by atoms with Gasteiger partial charge in [0.15, 0.2) is 5.16 Å². The molecule has 3 aromatic rings. The third-order valence-electron chi connectivity index (χ3n) is 3.82. The minimum Gasteiger partial charge on any atom is -0.349 e. The minimum atomic E-state index is -0.0263. The number of carbonyl (C=O) groups excluding carboxylic acids is 1. The maximum atomic E-state index is 12.3. The fourth-order valence-corrected chi connectivity index (χ4v) is 3.36. The van der Waals surface area contributed by atoms with Gasteiger partial charge in [-0.3, -0.25) is 9.36 Å². The second-order valence-corrected chi connectivity index (χ2v) is 6.63. The molecule has 5 nitrogen and oxygen atoms in total. The first-order chi connectivity index (χ1) is 12.1. The Kier molecular flexibility index (Phi) is 5.50. The minimum absolute atomic E-state index is 0.0250. The van der Waals surface area contributed by atoms with Crippen LogP contribution in [-0.4, -0.2) is 26.4 Å². The number of hydrogen-bond acceptors (Lipinski definition) is 4. The van der Waals surface area contributed by atoms with Crippen molar-refractivity contribution in [3.05, 3.63) is 72.1 Å².